The van der Waals surface area contributed by atoms with E-state index in [9.17, 15) is 14.4 Å². The molecule has 4 aromatic carbocycles. The van der Waals surface area contributed by atoms with E-state index in [1.54, 1.807) is 62.8 Å². The molecular formula is C35H27NO5. The van der Waals surface area contributed by atoms with E-state index in [-0.39, 0.29) is 17.3 Å². The molecule has 1 aliphatic carbocycles. The van der Waals surface area contributed by atoms with Crippen LogP contribution in [-0.2, 0) is 0 Å². The van der Waals surface area contributed by atoms with Crippen molar-refractivity contribution in [2.75, 3.05) is 19.1 Å². The Kier molecular flexibility index (Phi) is 5.68. The number of rotatable bonds is 5. The third-order valence-corrected chi connectivity index (χ3v) is 8.81. The molecule has 1 saturated heterocycles. The summed E-state index contributed by atoms with van der Waals surface area (Å²) in [6, 6.07) is 27.7. The van der Waals surface area contributed by atoms with Gasteiger partial charge in [-0.15, -0.1) is 0 Å². The summed E-state index contributed by atoms with van der Waals surface area (Å²) in [5.74, 6) is -0.524. The summed E-state index contributed by atoms with van der Waals surface area (Å²) in [4.78, 5) is 46.1. The topological polar surface area (TPSA) is 72.9 Å². The van der Waals surface area contributed by atoms with Crippen LogP contribution in [0.1, 0.15) is 48.1 Å². The number of hydrogen-bond acceptors (Lipinski definition) is 6. The quantitative estimate of drug-likeness (QED) is 0.227. The maximum absolute atomic E-state index is 14.7. The molecule has 0 amide bonds. The van der Waals surface area contributed by atoms with Crippen molar-refractivity contribution in [2.45, 2.75) is 18.0 Å². The van der Waals surface area contributed by atoms with Crippen LogP contribution >= 0.6 is 0 Å². The van der Waals surface area contributed by atoms with Gasteiger partial charge in [0.2, 0.25) is 0 Å². The third kappa shape index (κ3) is 3.34. The number of Topliss-reactive ketones (excluding diaryl/α,β-unsaturated/α-hetero) is 3. The second-order valence-corrected chi connectivity index (χ2v) is 10.6. The highest BCUT2D eigenvalue weighted by atomic mass is 16.5. The second-order valence-electron chi connectivity index (χ2n) is 10.6. The standard InChI is InChI=1S/C35H27NO5/c1-40-27-18-16-23(20-28(27)41-2)30-31(32(37)22-11-4-3-5-12-22)36-26-15-9-6-10-21(26)17-19-29(36)35(30)33(38)24-13-7-8-14-25(24)34(35)39/h3-20,29-31H,1-2H3/t29-,30-,31+/m0/s1. The number of fused-ring (bicyclic) bond motifs is 5. The normalized spacial score (nSPS) is 21.4. The molecule has 0 N–H and O–H groups in total. The molecule has 6 nitrogen and oxygen atoms in total. The van der Waals surface area contributed by atoms with Gasteiger partial charge in [0, 0.05) is 28.3 Å². The van der Waals surface area contributed by atoms with Gasteiger partial charge in [-0.2, -0.15) is 0 Å². The van der Waals surface area contributed by atoms with E-state index in [0.717, 1.165) is 11.3 Å². The number of methoxy groups -OCH3 is 2. The predicted octanol–water partition coefficient (Wildman–Crippen LogP) is 6.02. The summed E-state index contributed by atoms with van der Waals surface area (Å²) in [6.07, 6.45) is 3.89. The van der Waals surface area contributed by atoms with Crippen molar-refractivity contribution in [3.8, 4) is 11.5 Å². The van der Waals surface area contributed by atoms with Gasteiger partial charge in [0.05, 0.1) is 20.3 Å². The molecule has 7 rings (SSSR count). The predicted molar refractivity (Wildman–Crippen MR) is 156 cm³/mol. The molecular weight excluding hydrogens is 514 g/mol. The number of anilines is 1. The number of carbonyl (C=O) groups excluding carboxylic acids is 3. The zero-order chi connectivity index (χ0) is 28.3. The van der Waals surface area contributed by atoms with E-state index in [2.05, 4.69) is 0 Å². The highest BCUT2D eigenvalue weighted by molar-refractivity contribution is 6.32. The molecule has 1 spiro atoms. The van der Waals surface area contributed by atoms with E-state index in [1.165, 1.54) is 0 Å². The van der Waals surface area contributed by atoms with Crippen LogP contribution in [0.15, 0.2) is 103 Å². The van der Waals surface area contributed by atoms with Gasteiger partial charge in [0.25, 0.3) is 0 Å². The van der Waals surface area contributed by atoms with Crippen LogP contribution in [0.4, 0.5) is 5.69 Å². The van der Waals surface area contributed by atoms with Crippen LogP contribution < -0.4 is 14.4 Å². The van der Waals surface area contributed by atoms with E-state index >= 15 is 0 Å². The smallest absolute Gasteiger partial charge is 0.185 e. The average Bonchev–Trinajstić information content (AvgIpc) is 3.47. The average molecular weight is 542 g/mol. The van der Waals surface area contributed by atoms with Crippen molar-refractivity contribution < 1.29 is 23.9 Å². The molecule has 6 heteroatoms. The summed E-state index contributed by atoms with van der Waals surface area (Å²) in [5.41, 5.74) is 2.13. The SMILES string of the molecule is COc1ccc([C@H]2[C@H](C(=O)c3ccccc3)N3c4ccccc4C=C[C@H]3C23C(=O)c2ccccc2C3=O)cc1OC. The summed E-state index contributed by atoms with van der Waals surface area (Å²) in [6.45, 7) is 0. The Labute approximate surface area is 237 Å². The Morgan fingerprint density at radius 2 is 1.39 bits per heavy atom. The molecule has 1 fully saturated rings. The molecule has 0 aromatic heterocycles. The van der Waals surface area contributed by atoms with Crippen LogP contribution in [-0.4, -0.2) is 43.7 Å². The Hall–Kier alpha value is -4.97. The van der Waals surface area contributed by atoms with E-state index in [0.29, 0.717) is 33.8 Å². The number of nitrogens with zero attached hydrogens (tertiary/aromatic N) is 1. The Balaban J connectivity index is 1.56. The van der Waals surface area contributed by atoms with Crippen LogP contribution in [0.2, 0.25) is 0 Å². The lowest BCUT2D eigenvalue weighted by Crippen LogP contribution is -2.48. The van der Waals surface area contributed by atoms with Crippen LogP contribution in [0.5, 0.6) is 11.5 Å². The monoisotopic (exact) mass is 541 g/mol. The first kappa shape index (κ1) is 25.0. The van der Waals surface area contributed by atoms with Crippen LogP contribution in [0.25, 0.3) is 6.08 Å². The number of ether oxygens (including phenoxy) is 2. The molecule has 41 heavy (non-hydrogen) atoms. The lowest BCUT2D eigenvalue weighted by Gasteiger charge is -2.37. The third-order valence-electron chi connectivity index (χ3n) is 8.81. The van der Waals surface area contributed by atoms with Crippen molar-refractivity contribution in [1.82, 2.24) is 0 Å². The van der Waals surface area contributed by atoms with Gasteiger partial charge < -0.3 is 14.4 Å². The van der Waals surface area contributed by atoms with Crippen molar-refractivity contribution in [3.63, 3.8) is 0 Å². The zero-order valence-corrected chi connectivity index (χ0v) is 22.6. The first-order valence-corrected chi connectivity index (χ1v) is 13.6. The van der Waals surface area contributed by atoms with E-state index in [1.807, 2.05) is 65.6 Å². The molecule has 4 aromatic rings. The largest absolute Gasteiger partial charge is 0.493 e. The summed E-state index contributed by atoms with van der Waals surface area (Å²) in [5, 5.41) is 0. The van der Waals surface area contributed by atoms with Crippen LogP contribution in [0, 0.1) is 5.41 Å². The highest BCUT2D eigenvalue weighted by Crippen LogP contribution is 2.61. The van der Waals surface area contributed by atoms with Crippen molar-refractivity contribution in [2.24, 2.45) is 5.41 Å². The fourth-order valence-corrected chi connectivity index (χ4v) is 7.11. The first-order valence-electron chi connectivity index (χ1n) is 13.6. The minimum atomic E-state index is -1.57. The van der Waals surface area contributed by atoms with Crippen molar-refractivity contribution >= 4 is 29.1 Å². The Morgan fingerprint density at radius 3 is 2.07 bits per heavy atom. The molecule has 202 valence electrons. The van der Waals surface area contributed by atoms with E-state index in [4.69, 9.17) is 9.47 Å². The minimum Gasteiger partial charge on any atom is -0.493 e. The molecule has 0 radical (unpaired) electrons. The highest BCUT2D eigenvalue weighted by Gasteiger charge is 2.71. The first-order chi connectivity index (χ1) is 20.0. The Bertz CT molecular complexity index is 1720. The van der Waals surface area contributed by atoms with Gasteiger partial charge in [-0.25, -0.2) is 0 Å². The molecule has 2 aliphatic heterocycles. The van der Waals surface area contributed by atoms with Crippen LogP contribution in [0.3, 0.4) is 0 Å². The Morgan fingerprint density at radius 1 is 0.756 bits per heavy atom. The molecule has 2 heterocycles. The molecule has 0 unspecified atom stereocenters. The maximum Gasteiger partial charge on any atom is 0.185 e. The summed E-state index contributed by atoms with van der Waals surface area (Å²) in [7, 11) is 3.10. The van der Waals surface area contributed by atoms with Crippen molar-refractivity contribution in [3.05, 3.63) is 131 Å². The van der Waals surface area contributed by atoms with Crippen molar-refractivity contribution in [1.29, 1.82) is 0 Å². The number of benzene rings is 4. The minimum absolute atomic E-state index is 0.158. The molecule has 0 saturated carbocycles. The number of hydrogen-bond donors (Lipinski definition) is 0. The van der Waals surface area contributed by atoms with Gasteiger partial charge in [-0.3, -0.25) is 14.4 Å². The number of para-hydroxylation sites is 1. The fourth-order valence-electron chi connectivity index (χ4n) is 7.11. The van der Waals surface area contributed by atoms with Gasteiger partial charge >= 0.3 is 0 Å². The maximum atomic E-state index is 14.7. The molecule has 3 aliphatic rings. The van der Waals surface area contributed by atoms with Gasteiger partial charge in [0.1, 0.15) is 11.5 Å². The van der Waals surface area contributed by atoms with Gasteiger partial charge in [-0.05, 0) is 29.3 Å². The number of ketones is 3. The fraction of sp³-hybridized carbons (Fsp3) is 0.171. The second kappa shape index (κ2) is 9.30. The van der Waals surface area contributed by atoms with Gasteiger partial charge in [0.15, 0.2) is 28.8 Å². The summed E-state index contributed by atoms with van der Waals surface area (Å²) < 4.78 is 11.2. The lowest BCUT2D eigenvalue weighted by molar-refractivity contribution is 0.0665. The zero-order valence-electron chi connectivity index (χ0n) is 22.6. The lowest BCUT2D eigenvalue weighted by atomic mass is 9.64. The molecule has 3 atom stereocenters. The molecule has 0 bridgehead atoms. The van der Waals surface area contributed by atoms with E-state index < -0.39 is 23.4 Å². The summed E-state index contributed by atoms with van der Waals surface area (Å²) >= 11 is 0. The van der Waals surface area contributed by atoms with Gasteiger partial charge in [-0.1, -0.05) is 91.0 Å². The number of carbonyl (C=O) groups is 3.